The lowest BCUT2D eigenvalue weighted by Crippen LogP contribution is -2.36. The van der Waals surface area contributed by atoms with E-state index in [1.54, 1.807) is 7.11 Å². The number of benzene rings is 1. The second kappa shape index (κ2) is 6.92. The van der Waals surface area contributed by atoms with Crippen molar-refractivity contribution in [1.29, 1.82) is 0 Å². The molecule has 1 aromatic rings. The van der Waals surface area contributed by atoms with Crippen molar-refractivity contribution in [3.05, 3.63) is 29.8 Å². The smallest absolute Gasteiger partial charge is 0.134 e. The fourth-order valence-electron chi connectivity index (χ4n) is 2.15. The minimum absolute atomic E-state index is 0.0745. The van der Waals surface area contributed by atoms with E-state index in [9.17, 15) is 0 Å². The summed E-state index contributed by atoms with van der Waals surface area (Å²) in [4.78, 5) is 0. The topological polar surface area (TPSA) is 30.5 Å². The van der Waals surface area contributed by atoms with E-state index in [0.717, 1.165) is 12.3 Å². The number of hydrogen-bond acceptors (Lipinski definition) is 3. The van der Waals surface area contributed by atoms with Gasteiger partial charge in [-0.1, -0.05) is 32.0 Å². The Kier molecular flexibility index (Phi) is 5.23. The van der Waals surface area contributed by atoms with Gasteiger partial charge < -0.3 is 14.8 Å². The third kappa shape index (κ3) is 4.51. The molecule has 0 saturated heterocycles. The van der Waals surface area contributed by atoms with Crippen molar-refractivity contribution < 1.29 is 9.47 Å². The molecular weight excluding hydrogens is 238 g/mol. The second-order valence-electron chi connectivity index (χ2n) is 5.57. The Labute approximate surface area is 116 Å². The molecule has 2 rings (SSSR count). The summed E-state index contributed by atoms with van der Waals surface area (Å²) in [5.41, 5.74) is 1.26. The van der Waals surface area contributed by atoms with E-state index in [1.165, 1.54) is 18.4 Å². The van der Waals surface area contributed by atoms with Crippen LogP contribution in [0.3, 0.4) is 0 Å². The fraction of sp³-hybridized carbons (Fsp3) is 0.625. The van der Waals surface area contributed by atoms with Crippen LogP contribution < -0.4 is 10.1 Å². The molecule has 1 N–H and O–H groups in total. The quantitative estimate of drug-likeness (QED) is 0.782. The Balaban J connectivity index is 1.98. The Morgan fingerprint density at radius 3 is 2.63 bits per heavy atom. The largest absolute Gasteiger partial charge is 0.486 e. The summed E-state index contributed by atoms with van der Waals surface area (Å²) in [6.45, 7) is 5.85. The molecule has 0 aromatic heterocycles. The molecule has 0 spiro atoms. The highest BCUT2D eigenvalue weighted by Gasteiger charge is 2.23. The van der Waals surface area contributed by atoms with Crippen LogP contribution in [0.1, 0.15) is 38.2 Å². The van der Waals surface area contributed by atoms with Gasteiger partial charge in [-0.2, -0.15) is 0 Å². The summed E-state index contributed by atoms with van der Waals surface area (Å²) in [5, 5.41) is 3.51. The Hall–Kier alpha value is -1.06. The third-order valence-corrected chi connectivity index (χ3v) is 3.40. The van der Waals surface area contributed by atoms with E-state index >= 15 is 0 Å². The number of methoxy groups -OCH3 is 1. The van der Waals surface area contributed by atoms with Gasteiger partial charge in [0.2, 0.25) is 0 Å². The maximum absolute atomic E-state index is 6.14. The molecule has 3 nitrogen and oxygen atoms in total. The zero-order valence-corrected chi connectivity index (χ0v) is 12.2. The predicted octanol–water partition coefficient (Wildman–Crippen LogP) is 2.96. The molecule has 1 aliphatic carbocycles. The lowest BCUT2D eigenvalue weighted by atomic mass is 10.0. The van der Waals surface area contributed by atoms with Crippen LogP contribution in [-0.4, -0.2) is 32.4 Å². The molecule has 1 aliphatic rings. The van der Waals surface area contributed by atoms with Crippen molar-refractivity contribution in [3.63, 3.8) is 0 Å². The van der Waals surface area contributed by atoms with Gasteiger partial charge in [-0.3, -0.25) is 0 Å². The lowest BCUT2D eigenvalue weighted by Gasteiger charge is -2.22. The Bertz CT molecular complexity index is 388. The number of hydrogen-bond donors (Lipinski definition) is 1. The van der Waals surface area contributed by atoms with Crippen molar-refractivity contribution in [2.24, 2.45) is 0 Å². The summed E-state index contributed by atoms with van der Waals surface area (Å²) in [7, 11) is 1.72. The normalized spacial score (nSPS) is 16.6. The first-order valence-electron chi connectivity index (χ1n) is 7.18. The SMILES string of the molecule is COCC(CNC1CC1)Oc1ccccc1C(C)C. The van der Waals surface area contributed by atoms with Crippen molar-refractivity contribution in [2.75, 3.05) is 20.3 Å². The van der Waals surface area contributed by atoms with Crippen LogP contribution in [0.25, 0.3) is 0 Å². The van der Waals surface area contributed by atoms with Crippen molar-refractivity contribution >= 4 is 0 Å². The van der Waals surface area contributed by atoms with Gasteiger partial charge in [0.1, 0.15) is 11.9 Å². The molecule has 1 unspecified atom stereocenters. The average molecular weight is 263 g/mol. The molecule has 106 valence electrons. The first-order chi connectivity index (χ1) is 9.20. The highest BCUT2D eigenvalue weighted by molar-refractivity contribution is 5.35. The number of para-hydroxylation sites is 1. The highest BCUT2D eigenvalue weighted by Crippen LogP contribution is 2.27. The molecule has 1 fully saturated rings. The summed E-state index contributed by atoms with van der Waals surface area (Å²) in [6, 6.07) is 8.98. The van der Waals surface area contributed by atoms with Crippen LogP contribution in [-0.2, 0) is 4.74 Å². The minimum Gasteiger partial charge on any atom is -0.486 e. The molecule has 19 heavy (non-hydrogen) atoms. The van der Waals surface area contributed by atoms with Gasteiger partial charge in [0.25, 0.3) is 0 Å². The summed E-state index contributed by atoms with van der Waals surface area (Å²) in [6.07, 6.45) is 2.66. The number of ether oxygens (including phenoxy) is 2. The Morgan fingerprint density at radius 1 is 1.26 bits per heavy atom. The molecule has 0 heterocycles. The summed E-state index contributed by atoms with van der Waals surface area (Å²) in [5.74, 6) is 1.45. The van der Waals surface area contributed by atoms with E-state index in [2.05, 4.69) is 37.4 Å². The van der Waals surface area contributed by atoms with Crippen molar-refractivity contribution in [3.8, 4) is 5.75 Å². The van der Waals surface area contributed by atoms with Crippen LogP contribution in [0.5, 0.6) is 5.75 Å². The Morgan fingerprint density at radius 2 is 2.00 bits per heavy atom. The van der Waals surface area contributed by atoms with Crippen molar-refractivity contribution in [1.82, 2.24) is 5.32 Å². The zero-order valence-electron chi connectivity index (χ0n) is 12.2. The fourth-order valence-corrected chi connectivity index (χ4v) is 2.15. The summed E-state index contributed by atoms with van der Waals surface area (Å²) >= 11 is 0. The molecule has 3 heteroatoms. The van der Waals surface area contributed by atoms with Gasteiger partial charge in [-0.15, -0.1) is 0 Å². The van der Waals surface area contributed by atoms with E-state index < -0.39 is 0 Å². The van der Waals surface area contributed by atoms with Crippen molar-refractivity contribution in [2.45, 2.75) is 44.8 Å². The molecule has 0 aliphatic heterocycles. The molecule has 1 saturated carbocycles. The van der Waals surface area contributed by atoms with Crippen LogP contribution >= 0.6 is 0 Å². The van der Waals surface area contributed by atoms with Gasteiger partial charge in [0, 0.05) is 19.7 Å². The minimum atomic E-state index is 0.0745. The van der Waals surface area contributed by atoms with Crippen LogP contribution in [0.4, 0.5) is 0 Å². The molecule has 1 atom stereocenters. The van der Waals surface area contributed by atoms with Crippen LogP contribution in [0.2, 0.25) is 0 Å². The monoisotopic (exact) mass is 263 g/mol. The second-order valence-corrected chi connectivity index (χ2v) is 5.57. The molecule has 0 bridgehead atoms. The van der Waals surface area contributed by atoms with Gasteiger partial charge >= 0.3 is 0 Å². The van der Waals surface area contributed by atoms with Gasteiger partial charge in [0.15, 0.2) is 0 Å². The first-order valence-corrected chi connectivity index (χ1v) is 7.18. The van der Waals surface area contributed by atoms with E-state index in [4.69, 9.17) is 9.47 Å². The molecular formula is C16H25NO2. The molecule has 1 aromatic carbocycles. The van der Waals surface area contributed by atoms with Gasteiger partial charge in [-0.05, 0) is 30.4 Å². The molecule has 0 amide bonds. The zero-order chi connectivity index (χ0) is 13.7. The summed E-state index contributed by atoms with van der Waals surface area (Å²) < 4.78 is 11.4. The first kappa shape index (κ1) is 14.4. The predicted molar refractivity (Wildman–Crippen MR) is 77.8 cm³/mol. The number of rotatable bonds is 8. The maximum Gasteiger partial charge on any atom is 0.134 e. The van der Waals surface area contributed by atoms with E-state index in [1.807, 2.05) is 6.07 Å². The standard InChI is InChI=1S/C16H25NO2/c1-12(2)15-6-4-5-7-16(15)19-14(11-18-3)10-17-13-8-9-13/h4-7,12-14,17H,8-11H2,1-3H3. The highest BCUT2D eigenvalue weighted by atomic mass is 16.5. The van der Waals surface area contributed by atoms with Crippen LogP contribution in [0.15, 0.2) is 24.3 Å². The van der Waals surface area contributed by atoms with Gasteiger partial charge in [-0.25, -0.2) is 0 Å². The van der Waals surface area contributed by atoms with Crippen LogP contribution in [0, 0.1) is 0 Å². The van der Waals surface area contributed by atoms with E-state index in [0.29, 0.717) is 18.6 Å². The lowest BCUT2D eigenvalue weighted by molar-refractivity contribution is 0.0796. The maximum atomic E-state index is 6.14. The van der Waals surface area contributed by atoms with E-state index in [-0.39, 0.29) is 6.10 Å². The molecule has 0 radical (unpaired) electrons. The third-order valence-electron chi connectivity index (χ3n) is 3.40. The number of nitrogens with one attached hydrogen (secondary N) is 1. The van der Waals surface area contributed by atoms with Gasteiger partial charge in [0.05, 0.1) is 6.61 Å². The average Bonchev–Trinajstić information content (AvgIpc) is 3.20.